The molecule has 1 saturated carbocycles. The summed E-state index contributed by atoms with van der Waals surface area (Å²) in [6.45, 7) is 0. The van der Waals surface area contributed by atoms with Crippen LogP contribution in [0.4, 0.5) is 0 Å². The number of carbonyl (C=O) groups is 1. The van der Waals surface area contributed by atoms with Crippen LogP contribution in [0.15, 0.2) is 72.5 Å². The highest BCUT2D eigenvalue weighted by molar-refractivity contribution is 7.13. The molecule has 4 aromatic heterocycles. The summed E-state index contributed by atoms with van der Waals surface area (Å²) >= 11 is 1.54. The summed E-state index contributed by atoms with van der Waals surface area (Å²) in [5.74, 6) is 1.71. The molecule has 0 bridgehead atoms. The molecule has 33 heavy (non-hydrogen) atoms. The van der Waals surface area contributed by atoms with E-state index < -0.39 is 0 Å². The SMILES string of the molecule is O=C(N[C@H]1C[C@H](c2nnc(-c3nccs3)n2-c2ccccc2)C1)c1ccnc2cccnc12. The van der Waals surface area contributed by atoms with Crippen molar-refractivity contribution >= 4 is 28.3 Å². The molecule has 0 aliphatic heterocycles. The molecular weight excluding hydrogens is 434 g/mol. The topological polar surface area (TPSA) is 98.5 Å². The van der Waals surface area contributed by atoms with Gasteiger partial charge in [-0.25, -0.2) is 4.98 Å². The molecule has 0 unspecified atom stereocenters. The molecule has 9 heteroatoms. The van der Waals surface area contributed by atoms with Gasteiger partial charge in [0.2, 0.25) is 0 Å². The van der Waals surface area contributed by atoms with E-state index in [0.29, 0.717) is 16.6 Å². The molecule has 4 heterocycles. The Morgan fingerprint density at radius 3 is 2.64 bits per heavy atom. The van der Waals surface area contributed by atoms with Gasteiger partial charge in [0.15, 0.2) is 10.8 Å². The molecule has 1 aliphatic rings. The number of rotatable bonds is 5. The standard InChI is InChI=1S/C24H19N7OS/c32-23(18-8-10-25-19-7-4-9-26-20(18)19)28-16-13-15(14-16)21-29-30-22(24-27-11-12-33-24)31(21)17-5-2-1-3-6-17/h1-12,15-16H,13-14H2,(H,28,32)/t15-,16-. The Balaban J connectivity index is 1.23. The van der Waals surface area contributed by atoms with Crippen LogP contribution in [0.5, 0.6) is 0 Å². The summed E-state index contributed by atoms with van der Waals surface area (Å²) in [4.78, 5) is 26.0. The first-order valence-corrected chi connectivity index (χ1v) is 11.6. The number of carbonyl (C=O) groups excluding carboxylic acids is 1. The third-order valence-electron chi connectivity index (χ3n) is 5.91. The Kier molecular flexibility index (Phi) is 4.88. The van der Waals surface area contributed by atoms with Crippen molar-refractivity contribution in [3.8, 4) is 16.5 Å². The van der Waals surface area contributed by atoms with Crippen molar-refractivity contribution in [2.75, 3.05) is 0 Å². The van der Waals surface area contributed by atoms with Gasteiger partial charge in [-0.2, -0.15) is 0 Å². The van der Waals surface area contributed by atoms with Crippen molar-refractivity contribution < 1.29 is 4.79 Å². The van der Waals surface area contributed by atoms with Gasteiger partial charge in [0, 0.05) is 41.6 Å². The first-order valence-electron chi connectivity index (χ1n) is 10.7. The van der Waals surface area contributed by atoms with Crippen LogP contribution in [0.2, 0.25) is 0 Å². The maximum atomic E-state index is 12.9. The maximum Gasteiger partial charge on any atom is 0.253 e. The molecule has 0 saturated heterocycles. The van der Waals surface area contributed by atoms with E-state index in [0.717, 1.165) is 35.2 Å². The predicted molar refractivity (Wildman–Crippen MR) is 125 cm³/mol. The summed E-state index contributed by atoms with van der Waals surface area (Å²) < 4.78 is 2.09. The zero-order valence-electron chi connectivity index (χ0n) is 17.5. The molecule has 0 spiro atoms. The number of para-hydroxylation sites is 1. The second-order valence-corrected chi connectivity index (χ2v) is 8.85. The van der Waals surface area contributed by atoms with Gasteiger partial charge in [-0.05, 0) is 43.2 Å². The normalized spacial score (nSPS) is 17.6. The van der Waals surface area contributed by atoms with Gasteiger partial charge in [-0.15, -0.1) is 21.5 Å². The lowest BCUT2D eigenvalue weighted by atomic mass is 9.79. The molecule has 1 amide bonds. The van der Waals surface area contributed by atoms with Crippen molar-refractivity contribution in [2.45, 2.75) is 24.8 Å². The second-order valence-electron chi connectivity index (χ2n) is 7.96. The average molecular weight is 454 g/mol. The average Bonchev–Trinajstić information content (AvgIpc) is 3.51. The minimum Gasteiger partial charge on any atom is -0.349 e. The number of amides is 1. The van der Waals surface area contributed by atoms with Crippen molar-refractivity contribution in [3.63, 3.8) is 0 Å². The third-order valence-corrected chi connectivity index (χ3v) is 6.67. The molecular formula is C24H19N7OS. The fourth-order valence-corrected chi connectivity index (χ4v) is 4.85. The zero-order chi connectivity index (χ0) is 22.2. The third kappa shape index (κ3) is 3.56. The molecule has 1 aromatic carbocycles. The van der Waals surface area contributed by atoms with Crippen LogP contribution in [-0.2, 0) is 0 Å². The van der Waals surface area contributed by atoms with E-state index in [9.17, 15) is 4.79 Å². The molecule has 162 valence electrons. The second kappa shape index (κ2) is 8.18. The number of hydrogen-bond acceptors (Lipinski definition) is 7. The van der Waals surface area contributed by atoms with E-state index >= 15 is 0 Å². The number of nitrogens with zero attached hydrogens (tertiary/aromatic N) is 6. The van der Waals surface area contributed by atoms with Crippen LogP contribution in [0.1, 0.15) is 34.9 Å². The van der Waals surface area contributed by atoms with Gasteiger partial charge >= 0.3 is 0 Å². The van der Waals surface area contributed by atoms with E-state index in [2.05, 4.69) is 35.0 Å². The number of hydrogen-bond donors (Lipinski definition) is 1. The van der Waals surface area contributed by atoms with Gasteiger partial charge in [-0.1, -0.05) is 18.2 Å². The van der Waals surface area contributed by atoms with Crippen LogP contribution in [0.3, 0.4) is 0 Å². The Labute approximate surface area is 193 Å². The molecule has 1 N–H and O–H groups in total. The van der Waals surface area contributed by atoms with Gasteiger partial charge in [0.05, 0.1) is 11.1 Å². The van der Waals surface area contributed by atoms with Gasteiger partial charge in [0.1, 0.15) is 11.3 Å². The number of pyridine rings is 2. The lowest BCUT2D eigenvalue weighted by molar-refractivity contribution is 0.0908. The van der Waals surface area contributed by atoms with E-state index in [1.165, 1.54) is 0 Å². The summed E-state index contributed by atoms with van der Waals surface area (Å²) in [6, 6.07) is 15.5. The first-order chi connectivity index (χ1) is 16.3. The van der Waals surface area contributed by atoms with Crippen LogP contribution in [0, 0.1) is 0 Å². The van der Waals surface area contributed by atoms with E-state index in [1.807, 2.05) is 47.8 Å². The van der Waals surface area contributed by atoms with Crippen molar-refractivity contribution in [1.29, 1.82) is 0 Å². The zero-order valence-corrected chi connectivity index (χ0v) is 18.3. The number of nitrogens with one attached hydrogen (secondary N) is 1. The molecule has 5 aromatic rings. The largest absolute Gasteiger partial charge is 0.349 e. The molecule has 1 fully saturated rings. The number of thiazole rings is 1. The smallest absolute Gasteiger partial charge is 0.253 e. The van der Waals surface area contributed by atoms with Gasteiger partial charge in [-0.3, -0.25) is 19.3 Å². The summed E-state index contributed by atoms with van der Waals surface area (Å²) in [5, 5.41) is 14.9. The van der Waals surface area contributed by atoms with Crippen LogP contribution < -0.4 is 5.32 Å². The minimum atomic E-state index is -0.127. The quantitative estimate of drug-likeness (QED) is 0.432. The Morgan fingerprint density at radius 1 is 0.939 bits per heavy atom. The lowest BCUT2D eigenvalue weighted by Gasteiger charge is -2.35. The highest BCUT2D eigenvalue weighted by atomic mass is 32.1. The summed E-state index contributed by atoms with van der Waals surface area (Å²) in [7, 11) is 0. The van der Waals surface area contributed by atoms with Crippen molar-refractivity contribution in [1.82, 2.24) is 35.0 Å². The number of fused-ring (bicyclic) bond motifs is 1. The maximum absolute atomic E-state index is 12.9. The fourth-order valence-electron chi connectivity index (χ4n) is 4.24. The summed E-state index contributed by atoms with van der Waals surface area (Å²) in [6.07, 6.45) is 6.69. The van der Waals surface area contributed by atoms with E-state index in [4.69, 9.17) is 0 Å². The highest BCUT2D eigenvalue weighted by Gasteiger charge is 2.36. The van der Waals surface area contributed by atoms with Crippen LogP contribution in [0.25, 0.3) is 27.6 Å². The highest BCUT2D eigenvalue weighted by Crippen LogP contribution is 2.39. The number of aromatic nitrogens is 6. The molecule has 6 rings (SSSR count). The molecule has 0 radical (unpaired) electrons. The molecule has 1 aliphatic carbocycles. The first kappa shape index (κ1) is 19.7. The summed E-state index contributed by atoms with van der Waals surface area (Å²) in [5.41, 5.74) is 2.87. The van der Waals surface area contributed by atoms with Crippen molar-refractivity contribution in [2.24, 2.45) is 0 Å². The number of benzene rings is 1. The predicted octanol–water partition coefficient (Wildman–Crippen LogP) is 4.01. The Morgan fingerprint density at radius 2 is 1.82 bits per heavy atom. The molecule has 0 atom stereocenters. The fraction of sp³-hybridized carbons (Fsp3) is 0.167. The Hall–Kier alpha value is -3.98. The van der Waals surface area contributed by atoms with E-state index in [-0.39, 0.29) is 17.9 Å². The monoisotopic (exact) mass is 453 g/mol. The Bertz CT molecular complexity index is 1420. The minimum absolute atomic E-state index is 0.0682. The lowest BCUT2D eigenvalue weighted by Crippen LogP contribution is -2.44. The van der Waals surface area contributed by atoms with Crippen LogP contribution in [-0.4, -0.2) is 41.7 Å². The van der Waals surface area contributed by atoms with Crippen molar-refractivity contribution in [3.05, 3.63) is 83.9 Å². The molecule has 8 nitrogen and oxygen atoms in total. The van der Waals surface area contributed by atoms with Gasteiger partial charge in [0.25, 0.3) is 5.91 Å². The van der Waals surface area contributed by atoms with Crippen LogP contribution >= 0.6 is 11.3 Å². The van der Waals surface area contributed by atoms with Gasteiger partial charge < -0.3 is 5.32 Å². The van der Waals surface area contributed by atoms with E-state index in [1.54, 1.807) is 36.0 Å².